The van der Waals surface area contributed by atoms with Crippen LogP contribution in [0.4, 0.5) is 4.39 Å². The Balaban J connectivity index is 1.39. The zero-order valence-corrected chi connectivity index (χ0v) is 17.6. The Kier molecular flexibility index (Phi) is 6.51. The van der Waals surface area contributed by atoms with Crippen molar-refractivity contribution >= 4 is 11.6 Å². The molecule has 0 saturated carbocycles. The van der Waals surface area contributed by atoms with E-state index in [1.807, 2.05) is 24.3 Å². The third-order valence-corrected chi connectivity index (χ3v) is 6.07. The van der Waals surface area contributed by atoms with Crippen LogP contribution in [0.1, 0.15) is 36.8 Å². The van der Waals surface area contributed by atoms with Crippen molar-refractivity contribution < 1.29 is 23.5 Å². The lowest BCUT2D eigenvalue weighted by atomic mass is 9.74. The van der Waals surface area contributed by atoms with Crippen molar-refractivity contribution in [2.24, 2.45) is 10.6 Å². The number of hydrogen-bond donors (Lipinski definition) is 1. The average molecular weight is 426 g/mol. The van der Waals surface area contributed by atoms with Gasteiger partial charge in [0, 0.05) is 32.6 Å². The lowest BCUT2D eigenvalue weighted by molar-refractivity contribution is -0.140. The van der Waals surface area contributed by atoms with Crippen LogP contribution in [0.2, 0.25) is 0 Å². The van der Waals surface area contributed by atoms with Gasteiger partial charge in [-0.15, -0.1) is 0 Å². The molecule has 1 amide bonds. The molecule has 1 N–H and O–H groups in total. The minimum atomic E-state index is -0.552. The summed E-state index contributed by atoms with van der Waals surface area (Å²) in [6, 6.07) is 13.9. The molecule has 1 fully saturated rings. The first kappa shape index (κ1) is 21.3. The molecule has 31 heavy (non-hydrogen) atoms. The third kappa shape index (κ3) is 5.05. The Labute approximate surface area is 181 Å². The molecule has 0 spiro atoms. The van der Waals surface area contributed by atoms with Crippen LogP contribution in [0, 0.1) is 11.2 Å². The van der Waals surface area contributed by atoms with Crippen LogP contribution in [0.15, 0.2) is 53.7 Å². The van der Waals surface area contributed by atoms with Crippen LogP contribution in [-0.4, -0.2) is 38.0 Å². The van der Waals surface area contributed by atoms with Gasteiger partial charge in [0.25, 0.3) is 0 Å². The number of methoxy groups -OCH3 is 1. The molecule has 0 radical (unpaired) electrons. The van der Waals surface area contributed by atoms with E-state index in [-0.39, 0.29) is 17.8 Å². The van der Waals surface area contributed by atoms with Gasteiger partial charge in [0.05, 0.1) is 18.2 Å². The van der Waals surface area contributed by atoms with Crippen molar-refractivity contribution in [1.82, 2.24) is 5.32 Å². The van der Waals surface area contributed by atoms with Gasteiger partial charge < -0.3 is 19.6 Å². The molecule has 2 aromatic carbocycles. The minimum Gasteiger partial charge on any atom is -0.497 e. The van der Waals surface area contributed by atoms with E-state index in [1.54, 1.807) is 19.2 Å². The van der Waals surface area contributed by atoms with E-state index >= 15 is 0 Å². The SMILES string of the molecule is COc1ccc(CNC(=O)C2(C[C@H]3CC(c4ccc(F)cc4)=NO3)CCOCC2)cc1. The maximum Gasteiger partial charge on any atom is 0.226 e. The second kappa shape index (κ2) is 9.47. The normalized spacial score (nSPS) is 19.9. The summed E-state index contributed by atoms with van der Waals surface area (Å²) in [6.07, 6.45) is 2.27. The van der Waals surface area contributed by atoms with Gasteiger partial charge in [0.2, 0.25) is 5.91 Å². The molecule has 0 aromatic heterocycles. The molecule has 164 valence electrons. The number of carbonyl (C=O) groups excluding carboxylic acids is 1. The maximum absolute atomic E-state index is 13.3. The molecule has 0 aliphatic carbocycles. The molecule has 6 nitrogen and oxygen atoms in total. The van der Waals surface area contributed by atoms with E-state index in [0.717, 1.165) is 22.6 Å². The summed E-state index contributed by atoms with van der Waals surface area (Å²) in [5, 5.41) is 7.30. The summed E-state index contributed by atoms with van der Waals surface area (Å²) in [5.74, 6) is 0.520. The second-order valence-electron chi connectivity index (χ2n) is 8.10. The number of rotatable bonds is 7. The number of benzene rings is 2. The van der Waals surface area contributed by atoms with Crippen LogP contribution in [-0.2, 0) is 20.9 Å². The van der Waals surface area contributed by atoms with E-state index in [0.29, 0.717) is 45.4 Å². The lowest BCUT2D eigenvalue weighted by Crippen LogP contribution is -2.46. The summed E-state index contributed by atoms with van der Waals surface area (Å²) in [7, 11) is 1.63. The molecule has 0 unspecified atom stereocenters. The van der Waals surface area contributed by atoms with E-state index in [9.17, 15) is 9.18 Å². The van der Waals surface area contributed by atoms with Crippen molar-refractivity contribution in [3.8, 4) is 5.75 Å². The predicted molar refractivity (Wildman–Crippen MR) is 114 cm³/mol. The molecule has 1 atom stereocenters. The van der Waals surface area contributed by atoms with Gasteiger partial charge in [0.1, 0.15) is 17.7 Å². The van der Waals surface area contributed by atoms with E-state index in [2.05, 4.69) is 10.5 Å². The number of oxime groups is 1. The molecular weight excluding hydrogens is 399 g/mol. The van der Waals surface area contributed by atoms with Gasteiger partial charge in [-0.25, -0.2) is 4.39 Å². The smallest absolute Gasteiger partial charge is 0.226 e. The van der Waals surface area contributed by atoms with Crippen LogP contribution in [0.25, 0.3) is 0 Å². The predicted octanol–water partition coefficient (Wildman–Crippen LogP) is 3.83. The molecule has 7 heteroatoms. The summed E-state index contributed by atoms with van der Waals surface area (Å²) < 4.78 is 23.9. The highest BCUT2D eigenvalue weighted by Crippen LogP contribution is 2.38. The first-order valence-corrected chi connectivity index (χ1v) is 10.6. The summed E-state index contributed by atoms with van der Waals surface area (Å²) in [5.41, 5.74) is 2.08. The highest BCUT2D eigenvalue weighted by atomic mass is 19.1. The fourth-order valence-electron chi connectivity index (χ4n) is 4.19. The Morgan fingerprint density at radius 1 is 1.16 bits per heavy atom. The zero-order valence-electron chi connectivity index (χ0n) is 17.6. The lowest BCUT2D eigenvalue weighted by Gasteiger charge is -2.37. The highest BCUT2D eigenvalue weighted by Gasteiger charge is 2.43. The number of ether oxygens (including phenoxy) is 2. The number of nitrogens with one attached hydrogen (secondary N) is 1. The van der Waals surface area contributed by atoms with E-state index in [1.165, 1.54) is 12.1 Å². The van der Waals surface area contributed by atoms with Crippen molar-refractivity contribution in [2.75, 3.05) is 20.3 Å². The van der Waals surface area contributed by atoms with Gasteiger partial charge >= 0.3 is 0 Å². The molecule has 2 aromatic rings. The molecule has 2 aliphatic rings. The van der Waals surface area contributed by atoms with Gasteiger partial charge in [-0.2, -0.15) is 0 Å². The summed E-state index contributed by atoms with van der Waals surface area (Å²) >= 11 is 0. The third-order valence-electron chi connectivity index (χ3n) is 6.07. The zero-order chi connectivity index (χ0) is 21.7. The maximum atomic E-state index is 13.3. The molecular formula is C24H27FN2O4. The van der Waals surface area contributed by atoms with Crippen LogP contribution in [0.5, 0.6) is 5.75 Å². The highest BCUT2D eigenvalue weighted by molar-refractivity contribution is 6.01. The summed E-state index contributed by atoms with van der Waals surface area (Å²) in [4.78, 5) is 18.9. The monoisotopic (exact) mass is 426 g/mol. The van der Waals surface area contributed by atoms with Crippen molar-refractivity contribution in [3.63, 3.8) is 0 Å². The molecule has 2 aliphatic heterocycles. The van der Waals surface area contributed by atoms with Crippen LogP contribution in [0.3, 0.4) is 0 Å². The summed E-state index contributed by atoms with van der Waals surface area (Å²) in [6.45, 7) is 1.55. The Morgan fingerprint density at radius 3 is 2.55 bits per heavy atom. The number of hydrogen-bond acceptors (Lipinski definition) is 5. The van der Waals surface area contributed by atoms with E-state index < -0.39 is 5.41 Å². The van der Waals surface area contributed by atoms with Gasteiger partial charge in [-0.1, -0.05) is 29.4 Å². The molecule has 2 heterocycles. The largest absolute Gasteiger partial charge is 0.497 e. The van der Waals surface area contributed by atoms with Crippen LogP contribution < -0.4 is 10.1 Å². The van der Waals surface area contributed by atoms with Gasteiger partial charge in [-0.05, 0) is 48.2 Å². The number of nitrogens with zero attached hydrogens (tertiary/aromatic N) is 1. The Bertz CT molecular complexity index is 922. The fraction of sp³-hybridized carbons (Fsp3) is 0.417. The molecule has 0 bridgehead atoms. The first-order chi connectivity index (χ1) is 15.1. The fourth-order valence-corrected chi connectivity index (χ4v) is 4.19. The van der Waals surface area contributed by atoms with Crippen molar-refractivity contribution in [1.29, 1.82) is 0 Å². The van der Waals surface area contributed by atoms with Crippen LogP contribution >= 0.6 is 0 Å². The van der Waals surface area contributed by atoms with Crippen molar-refractivity contribution in [2.45, 2.75) is 38.3 Å². The van der Waals surface area contributed by atoms with E-state index in [4.69, 9.17) is 14.3 Å². The van der Waals surface area contributed by atoms with Crippen molar-refractivity contribution in [3.05, 3.63) is 65.5 Å². The number of carbonyl (C=O) groups is 1. The average Bonchev–Trinajstić information content (AvgIpc) is 3.27. The Hall–Kier alpha value is -2.93. The molecule has 1 saturated heterocycles. The topological polar surface area (TPSA) is 69.2 Å². The number of amides is 1. The standard InChI is InChI=1S/C24H27FN2O4/c1-29-20-8-2-17(3-9-20)16-26-23(28)24(10-12-30-13-11-24)15-21-14-22(27-31-21)18-4-6-19(25)7-5-18/h2-9,21H,10-16H2,1H3,(H,26,28)/t21-/m1/s1. The first-order valence-electron chi connectivity index (χ1n) is 10.6. The number of halogens is 1. The van der Waals surface area contributed by atoms with Gasteiger partial charge in [0.15, 0.2) is 0 Å². The minimum absolute atomic E-state index is 0.0189. The molecule has 4 rings (SSSR count). The second-order valence-corrected chi connectivity index (χ2v) is 8.10. The van der Waals surface area contributed by atoms with Gasteiger partial charge in [-0.3, -0.25) is 4.79 Å². The quantitative estimate of drug-likeness (QED) is 0.731. The Morgan fingerprint density at radius 2 is 1.87 bits per heavy atom.